The SMILES string of the molecule is CCOc1ccc(NC(CC(=O)c2ccc(OC)c(OC)c2)c2ccc([N+](=O)[O-])cc2)cc1. The number of ether oxygens (including phenoxy) is 3. The van der Waals surface area contributed by atoms with Crippen LogP contribution in [-0.4, -0.2) is 31.5 Å². The fraction of sp³-hybridized carbons (Fsp3) is 0.240. The Balaban J connectivity index is 1.87. The zero-order chi connectivity index (χ0) is 23.8. The Morgan fingerprint density at radius 2 is 1.64 bits per heavy atom. The van der Waals surface area contributed by atoms with E-state index in [1.54, 1.807) is 30.3 Å². The molecule has 8 nitrogen and oxygen atoms in total. The van der Waals surface area contributed by atoms with Crippen LogP contribution in [-0.2, 0) is 0 Å². The number of non-ortho nitro benzene ring substituents is 1. The number of Topliss-reactive ketones (excluding diaryl/α,β-unsaturated/α-hetero) is 1. The van der Waals surface area contributed by atoms with Crippen molar-refractivity contribution in [3.8, 4) is 17.2 Å². The first-order chi connectivity index (χ1) is 15.9. The summed E-state index contributed by atoms with van der Waals surface area (Å²) in [7, 11) is 3.05. The maximum absolute atomic E-state index is 13.1. The molecule has 0 aliphatic heterocycles. The molecule has 33 heavy (non-hydrogen) atoms. The van der Waals surface area contributed by atoms with Gasteiger partial charge in [-0.2, -0.15) is 0 Å². The molecule has 1 atom stereocenters. The number of nitro groups is 1. The van der Waals surface area contributed by atoms with Crippen molar-refractivity contribution in [2.24, 2.45) is 0 Å². The van der Waals surface area contributed by atoms with Crippen LogP contribution in [0.4, 0.5) is 11.4 Å². The third kappa shape index (κ3) is 6.00. The molecule has 0 radical (unpaired) electrons. The lowest BCUT2D eigenvalue weighted by atomic mass is 9.97. The van der Waals surface area contributed by atoms with Gasteiger partial charge in [0.1, 0.15) is 5.75 Å². The van der Waals surface area contributed by atoms with E-state index >= 15 is 0 Å². The predicted molar refractivity (Wildman–Crippen MR) is 126 cm³/mol. The number of ketones is 1. The number of benzene rings is 3. The van der Waals surface area contributed by atoms with Crippen molar-refractivity contribution in [2.45, 2.75) is 19.4 Å². The summed E-state index contributed by atoms with van der Waals surface area (Å²) in [6.07, 6.45) is 0.126. The van der Waals surface area contributed by atoms with E-state index in [4.69, 9.17) is 14.2 Å². The first-order valence-electron chi connectivity index (χ1n) is 10.4. The molecule has 0 bridgehead atoms. The van der Waals surface area contributed by atoms with Crippen molar-refractivity contribution in [3.63, 3.8) is 0 Å². The van der Waals surface area contributed by atoms with Gasteiger partial charge in [-0.05, 0) is 55.0 Å². The molecule has 1 N–H and O–H groups in total. The Labute approximate surface area is 192 Å². The molecule has 0 saturated carbocycles. The molecule has 3 rings (SSSR count). The lowest BCUT2D eigenvalue weighted by Gasteiger charge is -2.20. The standard InChI is InChI=1S/C25H26N2O6/c1-4-33-21-12-8-19(9-13-21)26-22(17-5-10-20(11-6-17)27(29)30)16-23(28)18-7-14-24(31-2)25(15-18)32-3/h5-15,22,26H,4,16H2,1-3H3. The molecule has 8 heteroatoms. The highest BCUT2D eigenvalue weighted by molar-refractivity contribution is 5.97. The van der Waals surface area contributed by atoms with Gasteiger partial charge in [0.05, 0.1) is 31.8 Å². The molecule has 3 aromatic rings. The number of hydrogen-bond donors (Lipinski definition) is 1. The zero-order valence-electron chi connectivity index (χ0n) is 18.7. The van der Waals surface area contributed by atoms with E-state index in [-0.39, 0.29) is 17.9 Å². The second-order valence-electron chi connectivity index (χ2n) is 7.20. The van der Waals surface area contributed by atoms with Gasteiger partial charge in [-0.15, -0.1) is 0 Å². The largest absolute Gasteiger partial charge is 0.494 e. The quantitative estimate of drug-likeness (QED) is 0.236. The van der Waals surface area contributed by atoms with E-state index in [2.05, 4.69) is 5.32 Å². The fourth-order valence-corrected chi connectivity index (χ4v) is 3.41. The number of carbonyl (C=O) groups is 1. The third-order valence-corrected chi connectivity index (χ3v) is 5.11. The van der Waals surface area contributed by atoms with E-state index in [9.17, 15) is 14.9 Å². The Kier molecular flexibility index (Phi) is 7.86. The molecule has 0 heterocycles. The van der Waals surface area contributed by atoms with Gasteiger partial charge in [-0.3, -0.25) is 14.9 Å². The number of anilines is 1. The van der Waals surface area contributed by atoms with Crippen LogP contribution in [0.2, 0.25) is 0 Å². The fourth-order valence-electron chi connectivity index (χ4n) is 3.41. The molecule has 0 spiro atoms. The molecule has 0 saturated heterocycles. The predicted octanol–water partition coefficient (Wildman–Crippen LogP) is 5.44. The summed E-state index contributed by atoms with van der Waals surface area (Å²) in [6.45, 7) is 2.48. The lowest BCUT2D eigenvalue weighted by molar-refractivity contribution is -0.384. The average Bonchev–Trinajstić information content (AvgIpc) is 2.84. The Morgan fingerprint density at radius 3 is 2.21 bits per heavy atom. The Morgan fingerprint density at radius 1 is 0.970 bits per heavy atom. The molecular formula is C25H26N2O6. The molecule has 0 aliphatic carbocycles. The highest BCUT2D eigenvalue weighted by atomic mass is 16.6. The topological polar surface area (TPSA) is 99.9 Å². The molecular weight excluding hydrogens is 424 g/mol. The van der Waals surface area contributed by atoms with Crippen molar-refractivity contribution in [3.05, 3.63) is 88.0 Å². The summed E-state index contributed by atoms with van der Waals surface area (Å²) in [6, 6.07) is 18.2. The van der Waals surface area contributed by atoms with Gasteiger partial charge >= 0.3 is 0 Å². The minimum Gasteiger partial charge on any atom is -0.494 e. The van der Waals surface area contributed by atoms with Gasteiger partial charge in [0.15, 0.2) is 17.3 Å². The van der Waals surface area contributed by atoms with Crippen LogP contribution >= 0.6 is 0 Å². The second kappa shape index (κ2) is 11.0. The van der Waals surface area contributed by atoms with Crippen LogP contribution in [0.3, 0.4) is 0 Å². The minimum absolute atomic E-state index is 0.00946. The lowest BCUT2D eigenvalue weighted by Crippen LogP contribution is -2.16. The molecule has 0 amide bonds. The molecule has 0 aromatic heterocycles. The number of nitrogens with zero attached hydrogens (tertiary/aromatic N) is 1. The summed E-state index contributed by atoms with van der Waals surface area (Å²) >= 11 is 0. The molecule has 172 valence electrons. The third-order valence-electron chi connectivity index (χ3n) is 5.11. The van der Waals surface area contributed by atoms with Crippen LogP contribution in [0.25, 0.3) is 0 Å². The molecule has 0 aliphatic rings. The summed E-state index contributed by atoms with van der Waals surface area (Å²) in [4.78, 5) is 23.7. The maximum atomic E-state index is 13.1. The van der Waals surface area contributed by atoms with Gasteiger partial charge in [-0.25, -0.2) is 0 Å². The van der Waals surface area contributed by atoms with Crippen molar-refractivity contribution in [1.29, 1.82) is 0 Å². The number of carbonyl (C=O) groups excluding carboxylic acids is 1. The van der Waals surface area contributed by atoms with E-state index in [0.29, 0.717) is 23.7 Å². The van der Waals surface area contributed by atoms with Crippen LogP contribution in [0.5, 0.6) is 17.2 Å². The zero-order valence-corrected chi connectivity index (χ0v) is 18.7. The summed E-state index contributed by atoms with van der Waals surface area (Å²) in [5, 5.41) is 14.4. The first-order valence-corrected chi connectivity index (χ1v) is 10.4. The maximum Gasteiger partial charge on any atom is 0.269 e. The molecule has 0 fully saturated rings. The van der Waals surface area contributed by atoms with Crippen molar-refractivity contribution in [1.82, 2.24) is 0 Å². The first kappa shape index (κ1) is 23.6. The van der Waals surface area contributed by atoms with Crippen LogP contribution in [0.15, 0.2) is 66.7 Å². The van der Waals surface area contributed by atoms with Crippen molar-refractivity contribution >= 4 is 17.2 Å². The number of rotatable bonds is 11. The summed E-state index contributed by atoms with van der Waals surface area (Å²) in [5.41, 5.74) is 2.02. The van der Waals surface area contributed by atoms with Gasteiger partial charge in [0.2, 0.25) is 0 Å². The molecule has 3 aromatic carbocycles. The summed E-state index contributed by atoms with van der Waals surface area (Å²) in [5.74, 6) is 1.64. The molecule has 1 unspecified atom stereocenters. The van der Waals surface area contributed by atoms with E-state index < -0.39 is 11.0 Å². The second-order valence-corrected chi connectivity index (χ2v) is 7.20. The van der Waals surface area contributed by atoms with E-state index in [0.717, 1.165) is 17.0 Å². The number of nitro benzene ring substituents is 1. The average molecular weight is 450 g/mol. The highest BCUT2D eigenvalue weighted by Gasteiger charge is 2.20. The summed E-state index contributed by atoms with van der Waals surface area (Å²) < 4.78 is 16.0. The normalized spacial score (nSPS) is 11.4. The number of methoxy groups -OCH3 is 2. The van der Waals surface area contributed by atoms with Gasteiger partial charge in [-0.1, -0.05) is 12.1 Å². The number of hydrogen-bond acceptors (Lipinski definition) is 7. The van der Waals surface area contributed by atoms with Gasteiger partial charge in [0, 0.05) is 29.8 Å². The van der Waals surface area contributed by atoms with Gasteiger partial charge < -0.3 is 19.5 Å². The smallest absolute Gasteiger partial charge is 0.269 e. The minimum atomic E-state index is -0.451. The van der Waals surface area contributed by atoms with Gasteiger partial charge in [0.25, 0.3) is 5.69 Å². The highest BCUT2D eigenvalue weighted by Crippen LogP contribution is 2.31. The van der Waals surface area contributed by atoms with Crippen LogP contribution in [0, 0.1) is 10.1 Å². The van der Waals surface area contributed by atoms with Crippen molar-refractivity contribution in [2.75, 3.05) is 26.1 Å². The Bertz CT molecular complexity index is 1100. The van der Waals surface area contributed by atoms with Crippen molar-refractivity contribution < 1.29 is 23.9 Å². The van der Waals surface area contributed by atoms with Crippen LogP contribution < -0.4 is 19.5 Å². The van der Waals surface area contributed by atoms with E-state index in [1.165, 1.54) is 26.4 Å². The monoisotopic (exact) mass is 450 g/mol. The number of nitrogens with one attached hydrogen (secondary N) is 1. The van der Waals surface area contributed by atoms with E-state index in [1.807, 2.05) is 31.2 Å². The Hall–Kier alpha value is -4.07. The van der Waals surface area contributed by atoms with Crippen LogP contribution in [0.1, 0.15) is 35.3 Å².